The number of primary amides is 1. The van der Waals surface area contributed by atoms with Crippen molar-refractivity contribution in [1.82, 2.24) is 36.8 Å². The predicted molar refractivity (Wildman–Crippen MR) is 169 cm³/mol. The summed E-state index contributed by atoms with van der Waals surface area (Å²) in [6.45, 7) is 6.11. The smallest absolute Gasteiger partial charge is 0.326 e. The number of nitrogens with two attached hydrogens (primary N) is 2. The summed E-state index contributed by atoms with van der Waals surface area (Å²) in [7, 11) is 0. The van der Waals surface area contributed by atoms with Crippen LogP contribution < -0.4 is 43.4 Å². The first kappa shape index (κ1) is 38.7. The number of rotatable bonds is 18. The van der Waals surface area contributed by atoms with Gasteiger partial charge in [0.1, 0.15) is 30.2 Å². The van der Waals surface area contributed by atoms with Gasteiger partial charge in [-0.05, 0) is 64.3 Å². The molecule has 0 bridgehead atoms. The fourth-order valence-electron chi connectivity index (χ4n) is 5.44. The normalized spacial score (nSPS) is 20.0. The second-order valence-corrected chi connectivity index (χ2v) is 12.2. The molecule has 0 unspecified atom stereocenters. The Morgan fingerprint density at radius 1 is 0.894 bits per heavy atom. The zero-order valence-corrected chi connectivity index (χ0v) is 27.2. The highest BCUT2D eigenvalue weighted by Gasteiger charge is 2.40. The number of carboxylic acid groups (broad SMARTS) is 1. The molecule has 6 atom stereocenters. The Balaban J connectivity index is 2.07. The van der Waals surface area contributed by atoms with E-state index in [1.54, 1.807) is 13.8 Å². The van der Waals surface area contributed by atoms with Crippen LogP contribution in [-0.4, -0.2) is 113 Å². The second kappa shape index (κ2) is 18.6. The van der Waals surface area contributed by atoms with Crippen molar-refractivity contribution in [2.45, 2.75) is 108 Å². The molecule has 0 radical (unpaired) electrons. The quantitative estimate of drug-likeness (QED) is 0.0398. The van der Waals surface area contributed by atoms with Crippen molar-refractivity contribution in [3.05, 3.63) is 0 Å². The van der Waals surface area contributed by atoms with Crippen molar-refractivity contribution < 1.29 is 38.7 Å². The van der Waals surface area contributed by atoms with Crippen LogP contribution in [0.1, 0.15) is 72.1 Å². The molecule has 2 rings (SSSR count). The first-order valence-corrected chi connectivity index (χ1v) is 16.0. The molecule has 0 aliphatic carbocycles. The molecule has 47 heavy (non-hydrogen) atoms. The van der Waals surface area contributed by atoms with Crippen molar-refractivity contribution in [3.8, 4) is 0 Å². The van der Waals surface area contributed by atoms with Crippen LogP contribution in [0.4, 0.5) is 0 Å². The van der Waals surface area contributed by atoms with Gasteiger partial charge in [-0.3, -0.25) is 34.2 Å². The van der Waals surface area contributed by atoms with E-state index in [0.29, 0.717) is 25.8 Å². The molecule has 0 aromatic rings. The lowest BCUT2D eigenvalue weighted by Gasteiger charge is -2.32. The van der Waals surface area contributed by atoms with Crippen LogP contribution in [0.25, 0.3) is 0 Å². The molecule has 18 heteroatoms. The SMILES string of the molecule is CC(C)[C@H](NC(=O)[C@@H]1CCCN1)C(=O)N1CCC[C@H]1C(=O)N[C@@H](CCC(N)=O)C(=O)N[C@@H](C)C(=O)N[C@@H](CCCNC(=N)N)C(=O)O. The summed E-state index contributed by atoms with van der Waals surface area (Å²) in [4.78, 5) is 90.4. The fraction of sp³-hybridized carbons (Fsp3) is 0.724. The molecular formula is C29H50N10O8. The maximum atomic E-state index is 13.6. The van der Waals surface area contributed by atoms with Crippen LogP contribution in [0.5, 0.6) is 0 Å². The van der Waals surface area contributed by atoms with Gasteiger partial charge < -0.3 is 53.4 Å². The standard InChI is InChI=1S/C29H50N10O8/c1-15(2)22(38-24(42)17-7-4-12-33-17)27(45)39-14-6-9-20(39)26(44)36-18(10-11-21(30)40)25(43)35-16(3)23(41)37-19(28(46)47)8-5-13-34-29(31)32/h15-20,22,33H,4-14H2,1-3H3,(H2,30,40)(H,35,43)(H,36,44)(H,37,41)(H,38,42)(H,46,47)(H4,31,32,34)/t16-,17-,18-,19-,20-,22-/m0/s1. The summed E-state index contributed by atoms with van der Waals surface area (Å²) in [6, 6.07) is -6.00. The van der Waals surface area contributed by atoms with Crippen LogP contribution >= 0.6 is 0 Å². The number of hydrogen-bond donors (Lipinski definition) is 10. The summed E-state index contributed by atoms with van der Waals surface area (Å²) >= 11 is 0. The molecule has 2 aliphatic heterocycles. The third-order valence-corrected chi connectivity index (χ3v) is 8.11. The van der Waals surface area contributed by atoms with Gasteiger partial charge in [0.2, 0.25) is 35.4 Å². The lowest BCUT2D eigenvalue weighted by atomic mass is 10.0. The van der Waals surface area contributed by atoms with Gasteiger partial charge in [0, 0.05) is 19.5 Å². The van der Waals surface area contributed by atoms with E-state index >= 15 is 0 Å². The van der Waals surface area contributed by atoms with Gasteiger partial charge in [-0.15, -0.1) is 0 Å². The zero-order chi connectivity index (χ0) is 35.3. The van der Waals surface area contributed by atoms with Crippen LogP contribution in [0.15, 0.2) is 0 Å². The Morgan fingerprint density at radius 3 is 2.17 bits per heavy atom. The minimum Gasteiger partial charge on any atom is -0.480 e. The number of nitrogens with zero attached hydrogens (tertiary/aromatic N) is 1. The Bertz CT molecular complexity index is 1180. The van der Waals surface area contributed by atoms with E-state index in [-0.39, 0.29) is 62.6 Å². The van der Waals surface area contributed by atoms with E-state index in [0.717, 1.165) is 6.42 Å². The maximum Gasteiger partial charge on any atom is 0.326 e. The Morgan fingerprint density at radius 2 is 1.60 bits per heavy atom. The zero-order valence-electron chi connectivity index (χ0n) is 27.2. The second-order valence-electron chi connectivity index (χ2n) is 12.2. The minimum atomic E-state index is -1.30. The number of nitrogens with one attached hydrogen (secondary N) is 7. The van der Waals surface area contributed by atoms with Crippen molar-refractivity contribution in [1.29, 1.82) is 5.41 Å². The van der Waals surface area contributed by atoms with E-state index in [1.165, 1.54) is 11.8 Å². The first-order chi connectivity index (χ1) is 22.1. The van der Waals surface area contributed by atoms with Crippen LogP contribution in [0, 0.1) is 11.3 Å². The molecule has 2 aliphatic rings. The summed E-state index contributed by atoms with van der Waals surface area (Å²) < 4.78 is 0. The molecule has 2 heterocycles. The molecule has 2 fully saturated rings. The van der Waals surface area contributed by atoms with E-state index in [9.17, 15) is 38.7 Å². The predicted octanol–water partition coefficient (Wildman–Crippen LogP) is -3.04. The monoisotopic (exact) mass is 666 g/mol. The fourth-order valence-corrected chi connectivity index (χ4v) is 5.44. The third kappa shape index (κ3) is 12.3. The van der Waals surface area contributed by atoms with Gasteiger partial charge in [-0.25, -0.2) is 4.79 Å². The number of guanidine groups is 1. The first-order valence-electron chi connectivity index (χ1n) is 16.0. The summed E-state index contributed by atoms with van der Waals surface area (Å²) in [5.74, 6) is -5.52. The van der Waals surface area contributed by atoms with Gasteiger partial charge in [-0.1, -0.05) is 13.8 Å². The molecule has 12 N–H and O–H groups in total. The van der Waals surface area contributed by atoms with Crippen molar-refractivity contribution in [2.75, 3.05) is 19.6 Å². The third-order valence-electron chi connectivity index (χ3n) is 8.11. The number of carbonyl (C=O) groups is 7. The average molecular weight is 667 g/mol. The van der Waals surface area contributed by atoms with Crippen molar-refractivity contribution in [2.24, 2.45) is 17.4 Å². The Hall–Kier alpha value is -4.48. The lowest BCUT2D eigenvalue weighted by Crippen LogP contribution is -2.59. The van der Waals surface area contributed by atoms with Gasteiger partial charge in [-0.2, -0.15) is 0 Å². The summed E-state index contributed by atoms with van der Waals surface area (Å²) in [5, 5.41) is 32.5. The van der Waals surface area contributed by atoms with Crippen LogP contribution in [0.3, 0.4) is 0 Å². The van der Waals surface area contributed by atoms with E-state index in [2.05, 4.69) is 31.9 Å². The Labute approximate surface area is 273 Å². The molecule has 2 saturated heterocycles. The number of hydrogen-bond acceptors (Lipinski definition) is 9. The Kier molecular flexibility index (Phi) is 15.3. The molecule has 264 valence electrons. The molecule has 0 aromatic carbocycles. The lowest BCUT2D eigenvalue weighted by molar-refractivity contribution is -0.143. The van der Waals surface area contributed by atoms with Gasteiger partial charge in [0.15, 0.2) is 5.96 Å². The average Bonchev–Trinajstić information content (AvgIpc) is 3.71. The molecule has 6 amide bonds. The van der Waals surface area contributed by atoms with Gasteiger partial charge in [0.25, 0.3) is 0 Å². The van der Waals surface area contributed by atoms with Gasteiger partial charge in [0.05, 0.1) is 6.04 Å². The van der Waals surface area contributed by atoms with Gasteiger partial charge >= 0.3 is 5.97 Å². The topological polar surface area (TPSA) is 291 Å². The van der Waals surface area contributed by atoms with E-state index in [4.69, 9.17) is 16.9 Å². The molecule has 0 aromatic heterocycles. The molecule has 0 spiro atoms. The van der Waals surface area contributed by atoms with Crippen LogP contribution in [-0.2, 0) is 33.6 Å². The highest BCUT2D eigenvalue weighted by atomic mass is 16.4. The van der Waals surface area contributed by atoms with Crippen molar-refractivity contribution in [3.63, 3.8) is 0 Å². The minimum absolute atomic E-state index is 0.0226. The molecule has 0 saturated carbocycles. The maximum absolute atomic E-state index is 13.6. The molecular weight excluding hydrogens is 616 g/mol. The highest BCUT2D eigenvalue weighted by Crippen LogP contribution is 2.21. The number of amides is 6. The number of carbonyl (C=O) groups excluding carboxylic acids is 6. The molecule has 18 nitrogen and oxygen atoms in total. The van der Waals surface area contributed by atoms with E-state index in [1.807, 2.05) is 0 Å². The van der Waals surface area contributed by atoms with E-state index < -0.39 is 65.7 Å². The largest absolute Gasteiger partial charge is 0.480 e. The number of likely N-dealkylation sites (tertiary alicyclic amines) is 1. The number of carboxylic acids is 1. The summed E-state index contributed by atoms with van der Waals surface area (Å²) in [6.07, 6.45) is 2.18. The highest BCUT2D eigenvalue weighted by molar-refractivity contribution is 5.96. The summed E-state index contributed by atoms with van der Waals surface area (Å²) in [5.41, 5.74) is 10.5. The number of aliphatic carboxylic acids is 1. The van der Waals surface area contributed by atoms with Crippen molar-refractivity contribution >= 4 is 47.4 Å². The van der Waals surface area contributed by atoms with Crippen LogP contribution in [0.2, 0.25) is 0 Å².